The van der Waals surface area contributed by atoms with Gasteiger partial charge in [0.15, 0.2) is 5.96 Å². The van der Waals surface area contributed by atoms with Gasteiger partial charge in [0.2, 0.25) is 5.91 Å². The molecule has 1 heterocycles. The van der Waals surface area contributed by atoms with Crippen LogP contribution in [0.3, 0.4) is 0 Å². The summed E-state index contributed by atoms with van der Waals surface area (Å²) >= 11 is 0. The molecule has 0 bridgehead atoms. The first-order chi connectivity index (χ1) is 12.3. The van der Waals surface area contributed by atoms with Crippen LogP contribution < -0.4 is 10.6 Å². The van der Waals surface area contributed by atoms with E-state index in [9.17, 15) is 4.79 Å². The first kappa shape index (κ1) is 26.4. The number of carbonyl (C=O) groups excluding carboxylic acids is 1. The van der Waals surface area contributed by atoms with Crippen LogP contribution in [-0.4, -0.2) is 87.2 Å². The molecule has 7 nitrogen and oxygen atoms in total. The highest BCUT2D eigenvalue weighted by atomic mass is 127. The van der Waals surface area contributed by atoms with E-state index in [0.717, 1.165) is 51.6 Å². The summed E-state index contributed by atoms with van der Waals surface area (Å²) in [5, 5.41) is 6.86. The van der Waals surface area contributed by atoms with E-state index in [1.54, 1.807) is 19.0 Å². The number of guanidine groups is 1. The number of nitrogens with zero attached hydrogens (tertiary/aromatic N) is 3. The highest BCUT2D eigenvalue weighted by molar-refractivity contribution is 14.0. The number of nitrogens with one attached hydrogen (secondary N) is 2. The minimum atomic E-state index is 0. The van der Waals surface area contributed by atoms with Gasteiger partial charge < -0.3 is 25.2 Å². The first-order valence-corrected chi connectivity index (χ1v) is 9.86. The lowest BCUT2D eigenvalue weighted by Gasteiger charge is -2.33. The van der Waals surface area contributed by atoms with Gasteiger partial charge in [-0.3, -0.25) is 4.79 Å². The Morgan fingerprint density at radius 1 is 1.22 bits per heavy atom. The molecular weight excluding hydrogens is 457 g/mol. The molecule has 0 atom stereocenters. The molecule has 0 saturated carbocycles. The molecule has 0 unspecified atom stereocenters. The highest BCUT2D eigenvalue weighted by Crippen LogP contribution is 2.10. The molecule has 8 heteroatoms. The van der Waals surface area contributed by atoms with E-state index in [2.05, 4.69) is 48.2 Å². The number of hydrogen-bond acceptors (Lipinski definition) is 4. The second-order valence-corrected chi connectivity index (χ2v) is 7.91. The average molecular weight is 497 g/mol. The van der Waals surface area contributed by atoms with Crippen LogP contribution in [-0.2, 0) is 9.53 Å². The Hall–Kier alpha value is -0.610. The number of carbonyl (C=O) groups is 1. The first-order valence-electron chi connectivity index (χ1n) is 9.86. The topological polar surface area (TPSA) is 69.2 Å². The van der Waals surface area contributed by atoms with Crippen molar-refractivity contribution in [2.75, 3.05) is 53.4 Å². The van der Waals surface area contributed by atoms with Gasteiger partial charge in [-0.15, -0.1) is 24.0 Å². The highest BCUT2D eigenvalue weighted by Gasteiger charge is 2.20. The van der Waals surface area contributed by atoms with Crippen LogP contribution in [0.25, 0.3) is 0 Å². The monoisotopic (exact) mass is 497 g/mol. The Morgan fingerprint density at radius 2 is 1.85 bits per heavy atom. The van der Waals surface area contributed by atoms with Crippen LogP contribution in [0.2, 0.25) is 0 Å². The number of piperidine rings is 1. The van der Waals surface area contributed by atoms with E-state index >= 15 is 0 Å². The van der Waals surface area contributed by atoms with Gasteiger partial charge in [-0.2, -0.15) is 0 Å². The number of aliphatic imine (C=N–C) groups is 1. The van der Waals surface area contributed by atoms with E-state index in [4.69, 9.17) is 4.74 Å². The predicted octanol–water partition coefficient (Wildman–Crippen LogP) is 1.77. The molecule has 0 aromatic carbocycles. The van der Waals surface area contributed by atoms with E-state index in [-0.39, 0.29) is 36.4 Å². The van der Waals surface area contributed by atoms with Crippen molar-refractivity contribution in [2.24, 2.45) is 10.9 Å². The van der Waals surface area contributed by atoms with Gasteiger partial charge in [-0.05, 0) is 32.6 Å². The molecule has 0 spiro atoms. The molecule has 1 aliphatic rings. The number of likely N-dealkylation sites (tertiary alicyclic amines) is 1. The Balaban J connectivity index is 0.00000676. The number of halogens is 1. The van der Waals surface area contributed by atoms with E-state index < -0.39 is 0 Å². The zero-order valence-corrected chi connectivity index (χ0v) is 20.3. The fourth-order valence-corrected chi connectivity index (χ4v) is 2.65. The van der Waals surface area contributed by atoms with Crippen molar-refractivity contribution in [1.82, 2.24) is 20.4 Å². The third-order valence-electron chi connectivity index (χ3n) is 4.34. The fourth-order valence-electron chi connectivity index (χ4n) is 2.65. The summed E-state index contributed by atoms with van der Waals surface area (Å²) in [6.07, 6.45) is 2.45. The Morgan fingerprint density at radius 3 is 2.37 bits per heavy atom. The maximum absolute atomic E-state index is 11.8. The van der Waals surface area contributed by atoms with Crippen molar-refractivity contribution in [3.63, 3.8) is 0 Å². The van der Waals surface area contributed by atoms with E-state index in [1.807, 2.05) is 0 Å². The molecule has 27 heavy (non-hydrogen) atoms. The summed E-state index contributed by atoms with van der Waals surface area (Å²) in [4.78, 5) is 20.3. The summed E-state index contributed by atoms with van der Waals surface area (Å²) in [6.45, 7) is 13.4. The molecule has 2 N–H and O–H groups in total. The molecule has 0 aromatic rings. The van der Waals surface area contributed by atoms with Crippen molar-refractivity contribution in [2.45, 2.75) is 52.7 Å². The summed E-state index contributed by atoms with van der Waals surface area (Å²) in [5.74, 6) is 1.28. The summed E-state index contributed by atoms with van der Waals surface area (Å²) < 4.78 is 5.64. The molecule has 1 amide bonds. The normalized spacial score (nSPS) is 16.4. The molecule has 0 aliphatic carbocycles. The third kappa shape index (κ3) is 12.5. The van der Waals surface area contributed by atoms with Crippen molar-refractivity contribution in [3.05, 3.63) is 0 Å². The summed E-state index contributed by atoms with van der Waals surface area (Å²) in [5.41, 5.74) is 0. The van der Waals surface area contributed by atoms with Gasteiger partial charge in [0.25, 0.3) is 0 Å². The minimum Gasteiger partial charge on any atom is -0.377 e. The molecular formula is C19H40IN5O2. The average Bonchev–Trinajstić information content (AvgIpc) is 2.57. The van der Waals surface area contributed by atoms with E-state index in [0.29, 0.717) is 18.1 Å². The molecule has 0 radical (unpaired) electrons. The molecule has 0 aromatic heterocycles. The Labute approximate surface area is 182 Å². The molecule has 1 rings (SSSR count). The van der Waals surface area contributed by atoms with Crippen molar-refractivity contribution >= 4 is 35.8 Å². The molecule has 160 valence electrons. The molecule has 1 saturated heterocycles. The van der Waals surface area contributed by atoms with Crippen LogP contribution in [0.5, 0.6) is 0 Å². The molecule has 1 fully saturated rings. The van der Waals surface area contributed by atoms with Crippen molar-refractivity contribution in [3.8, 4) is 0 Å². The quantitative estimate of drug-likeness (QED) is 0.289. The van der Waals surface area contributed by atoms with E-state index in [1.165, 1.54) is 0 Å². The molecule has 1 aliphatic heterocycles. The zero-order valence-electron chi connectivity index (χ0n) is 18.0. The lowest BCUT2D eigenvalue weighted by atomic mass is 10.1. The summed E-state index contributed by atoms with van der Waals surface area (Å²) in [7, 11) is 3.51. The maximum Gasteiger partial charge on any atom is 0.243 e. The van der Waals surface area contributed by atoms with Crippen LogP contribution in [0.15, 0.2) is 4.99 Å². The van der Waals surface area contributed by atoms with Crippen LogP contribution in [0.4, 0.5) is 0 Å². The van der Waals surface area contributed by atoms with Gasteiger partial charge in [0, 0.05) is 46.3 Å². The van der Waals surface area contributed by atoms with Crippen LogP contribution >= 0.6 is 24.0 Å². The lowest BCUT2D eigenvalue weighted by Crippen LogP contribution is -2.50. The Kier molecular flexibility index (Phi) is 14.1. The maximum atomic E-state index is 11.8. The standard InChI is InChI=1S/C19H39N5O2.HI/c1-15(2)13-20-19(21-14-18(25)23(5)6)22-17-7-9-24(10-8-17)11-12-26-16(3)4;/h15-17H,7-14H2,1-6H3,(H2,20,21,22);1H. The third-order valence-corrected chi connectivity index (χ3v) is 4.34. The van der Waals surface area contributed by atoms with Crippen LogP contribution in [0, 0.1) is 5.92 Å². The number of ether oxygens (including phenoxy) is 1. The fraction of sp³-hybridized carbons (Fsp3) is 0.895. The SMILES string of the molecule is CC(C)CNC(=NCC(=O)N(C)C)NC1CCN(CCOC(C)C)CC1.I. The lowest BCUT2D eigenvalue weighted by molar-refractivity contribution is -0.127. The van der Waals surface area contributed by atoms with Gasteiger partial charge in [-0.1, -0.05) is 13.8 Å². The second kappa shape index (κ2) is 14.4. The number of rotatable bonds is 9. The zero-order chi connectivity index (χ0) is 19.5. The van der Waals surface area contributed by atoms with Gasteiger partial charge in [0.1, 0.15) is 6.54 Å². The van der Waals surface area contributed by atoms with Gasteiger partial charge in [-0.25, -0.2) is 4.99 Å². The number of hydrogen-bond donors (Lipinski definition) is 2. The van der Waals surface area contributed by atoms with Gasteiger partial charge in [0.05, 0.1) is 12.7 Å². The van der Waals surface area contributed by atoms with Crippen molar-refractivity contribution < 1.29 is 9.53 Å². The van der Waals surface area contributed by atoms with Gasteiger partial charge >= 0.3 is 0 Å². The predicted molar refractivity (Wildman–Crippen MR) is 123 cm³/mol. The smallest absolute Gasteiger partial charge is 0.243 e. The van der Waals surface area contributed by atoms with Crippen LogP contribution in [0.1, 0.15) is 40.5 Å². The number of likely N-dealkylation sites (N-methyl/N-ethyl adjacent to an activating group) is 1. The second-order valence-electron chi connectivity index (χ2n) is 7.91. The number of amides is 1. The van der Waals surface area contributed by atoms with Crippen molar-refractivity contribution in [1.29, 1.82) is 0 Å². The minimum absolute atomic E-state index is 0. The largest absolute Gasteiger partial charge is 0.377 e. The summed E-state index contributed by atoms with van der Waals surface area (Å²) in [6, 6.07) is 0.394. The Bertz CT molecular complexity index is 436.